The lowest BCUT2D eigenvalue weighted by molar-refractivity contribution is -0.180. The van der Waals surface area contributed by atoms with Gasteiger partial charge in [-0.15, -0.1) is 0 Å². The molecule has 6 aliphatic rings. The van der Waals surface area contributed by atoms with E-state index in [4.69, 9.17) is 0 Å². The van der Waals surface area contributed by atoms with Crippen LogP contribution in [0.3, 0.4) is 0 Å². The molecular weight excluding hydrogens is 216 g/mol. The minimum absolute atomic E-state index is 0.806. The molecule has 1 spiro atoms. The van der Waals surface area contributed by atoms with Gasteiger partial charge in [-0.1, -0.05) is 18.6 Å². The largest absolute Gasteiger partial charge is 0.0879 e. The quantitative estimate of drug-likeness (QED) is 0.535. The monoisotopic (exact) mass is 242 g/mol. The summed E-state index contributed by atoms with van der Waals surface area (Å²) in [6.45, 7) is 0. The van der Waals surface area contributed by atoms with Gasteiger partial charge < -0.3 is 0 Å². The van der Waals surface area contributed by atoms with E-state index in [1.807, 2.05) is 0 Å². The van der Waals surface area contributed by atoms with Crippen LogP contribution in [0.2, 0.25) is 0 Å². The predicted octanol–water partition coefficient (Wildman–Crippen LogP) is 4.81. The molecule has 6 rings (SSSR count). The lowest BCUT2D eigenvalue weighted by Crippen LogP contribution is -2.61. The lowest BCUT2D eigenvalue weighted by atomic mass is 9.36. The van der Waals surface area contributed by atoms with Gasteiger partial charge in [0, 0.05) is 0 Å². The number of allylic oxidation sites excluding steroid dienone is 2. The Morgan fingerprint density at radius 3 is 2.17 bits per heavy atom. The molecule has 0 heterocycles. The van der Waals surface area contributed by atoms with E-state index in [1.165, 1.54) is 19.3 Å². The molecule has 0 aliphatic heterocycles. The van der Waals surface area contributed by atoms with E-state index >= 15 is 0 Å². The van der Waals surface area contributed by atoms with E-state index in [2.05, 4.69) is 12.2 Å². The standard InChI is InChI=1S/C18H26/c1-3-14-5-2-6-15(4-1)18(14)16-8-12-7-13(10-16)11-17(18)9-12/h1,3,12-17H,2,4-11H2/t12?,13?,14-,15+,16?,17?,18?/m1/s1. The third-order valence-corrected chi connectivity index (χ3v) is 7.76. The average Bonchev–Trinajstić information content (AvgIpc) is 2.34. The van der Waals surface area contributed by atoms with Crippen molar-refractivity contribution >= 4 is 0 Å². The smallest absolute Gasteiger partial charge is 0.0146 e. The maximum absolute atomic E-state index is 2.66. The molecule has 98 valence electrons. The highest BCUT2D eigenvalue weighted by atomic mass is 14.7. The maximum atomic E-state index is 2.66. The Kier molecular flexibility index (Phi) is 2.01. The van der Waals surface area contributed by atoms with Crippen LogP contribution >= 0.6 is 0 Å². The molecule has 0 N–H and O–H groups in total. The molecule has 2 atom stereocenters. The highest BCUT2D eigenvalue weighted by Crippen LogP contribution is 2.71. The molecule has 0 saturated heterocycles. The van der Waals surface area contributed by atoms with Crippen molar-refractivity contribution in [3.63, 3.8) is 0 Å². The first-order chi connectivity index (χ1) is 8.87. The molecule has 0 nitrogen and oxygen atoms in total. The van der Waals surface area contributed by atoms with Gasteiger partial charge in [0.25, 0.3) is 0 Å². The van der Waals surface area contributed by atoms with Gasteiger partial charge in [-0.2, -0.15) is 0 Å². The molecule has 0 radical (unpaired) electrons. The summed E-state index contributed by atoms with van der Waals surface area (Å²) in [6, 6.07) is 0. The van der Waals surface area contributed by atoms with E-state index < -0.39 is 0 Å². The van der Waals surface area contributed by atoms with Crippen LogP contribution in [0.5, 0.6) is 0 Å². The van der Waals surface area contributed by atoms with Crippen LogP contribution in [-0.2, 0) is 0 Å². The van der Waals surface area contributed by atoms with Crippen molar-refractivity contribution in [2.24, 2.45) is 40.9 Å². The van der Waals surface area contributed by atoms with Crippen LogP contribution < -0.4 is 0 Å². The Morgan fingerprint density at radius 1 is 0.778 bits per heavy atom. The molecule has 5 fully saturated rings. The first kappa shape index (κ1) is 10.5. The van der Waals surface area contributed by atoms with Crippen molar-refractivity contribution in [2.75, 3.05) is 0 Å². The van der Waals surface area contributed by atoms with Crippen molar-refractivity contribution < 1.29 is 0 Å². The summed E-state index contributed by atoms with van der Waals surface area (Å²) >= 11 is 0. The third-order valence-electron chi connectivity index (χ3n) is 7.76. The van der Waals surface area contributed by atoms with Gasteiger partial charge >= 0.3 is 0 Å². The lowest BCUT2D eigenvalue weighted by Gasteiger charge is -2.68. The zero-order chi connectivity index (χ0) is 11.7. The molecule has 5 saturated carbocycles. The van der Waals surface area contributed by atoms with E-state index in [-0.39, 0.29) is 0 Å². The predicted molar refractivity (Wildman–Crippen MR) is 74.1 cm³/mol. The van der Waals surface area contributed by atoms with Crippen LogP contribution in [0.15, 0.2) is 12.2 Å². The summed E-state index contributed by atoms with van der Waals surface area (Å²) < 4.78 is 0. The highest BCUT2D eigenvalue weighted by Gasteiger charge is 2.63. The molecule has 6 bridgehead atoms. The first-order valence-electron chi connectivity index (χ1n) is 8.54. The molecule has 0 aromatic heterocycles. The molecule has 6 aliphatic carbocycles. The van der Waals surface area contributed by atoms with Crippen LogP contribution in [-0.4, -0.2) is 0 Å². The summed E-state index contributed by atoms with van der Waals surface area (Å²) in [4.78, 5) is 0. The highest BCUT2D eigenvalue weighted by molar-refractivity contribution is 5.18. The zero-order valence-corrected chi connectivity index (χ0v) is 11.5. The average molecular weight is 242 g/mol. The van der Waals surface area contributed by atoms with Gasteiger partial charge in [-0.3, -0.25) is 0 Å². The fraction of sp³-hybridized carbons (Fsp3) is 0.889. The van der Waals surface area contributed by atoms with Crippen LogP contribution in [0, 0.1) is 40.9 Å². The van der Waals surface area contributed by atoms with E-state index in [0.717, 1.165) is 40.9 Å². The fourth-order valence-electron chi connectivity index (χ4n) is 7.65. The van der Waals surface area contributed by atoms with Crippen LogP contribution in [0.25, 0.3) is 0 Å². The number of hydrogen-bond acceptors (Lipinski definition) is 0. The SMILES string of the molecule is C1=C[C@@H]2CCC[C@H](C1)C21C2CC3CC(C2)CC1C3. The Bertz CT molecular complexity index is 363. The molecule has 18 heavy (non-hydrogen) atoms. The Balaban J connectivity index is 1.64. The Labute approximate surface area is 111 Å². The van der Waals surface area contributed by atoms with Gasteiger partial charge in [0.05, 0.1) is 0 Å². The van der Waals surface area contributed by atoms with E-state index in [1.54, 1.807) is 38.5 Å². The van der Waals surface area contributed by atoms with E-state index in [0.29, 0.717) is 0 Å². The second kappa shape index (κ2) is 3.44. The first-order valence-corrected chi connectivity index (χ1v) is 8.54. The minimum atomic E-state index is 0.806. The van der Waals surface area contributed by atoms with Crippen LogP contribution in [0.4, 0.5) is 0 Å². The van der Waals surface area contributed by atoms with Gasteiger partial charge in [-0.25, -0.2) is 0 Å². The Morgan fingerprint density at radius 2 is 1.50 bits per heavy atom. The molecule has 0 aromatic carbocycles. The number of rotatable bonds is 0. The molecule has 0 unspecified atom stereocenters. The van der Waals surface area contributed by atoms with Crippen molar-refractivity contribution in [1.82, 2.24) is 0 Å². The second-order valence-electron chi connectivity index (χ2n) is 8.20. The van der Waals surface area contributed by atoms with Crippen molar-refractivity contribution in [1.29, 1.82) is 0 Å². The molecular formula is C18H26. The van der Waals surface area contributed by atoms with Crippen molar-refractivity contribution in [3.8, 4) is 0 Å². The normalized spacial score (nSPS) is 60.4. The summed E-state index contributed by atoms with van der Waals surface area (Å²) in [5, 5.41) is 0. The van der Waals surface area contributed by atoms with Crippen LogP contribution in [0.1, 0.15) is 57.8 Å². The summed E-state index contributed by atoms with van der Waals surface area (Å²) in [5.41, 5.74) is 0.806. The van der Waals surface area contributed by atoms with Crippen molar-refractivity contribution in [3.05, 3.63) is 12.2 Å². The molecule has 0 heteroatoms. The fourth-order valence-corrected chi connectivity index (χ4v) is 7.65. The van der Waals surface area contributed by atoms with Gasteiger partial charge in [0.2, 0.25) is 0 Å². The Hall–Kier alpha value is -0.260. The topological polar surface area (TPSA) is 0 Å². The minimum Gasteiger partial charge on any atom is -0.0879 e. The molecule has 0 amide bonds. The summed E-state index contributed by atoms with van der Waals surface area (Å²) in [7, 11) is 0. The van der Waals surface area contributed by atoms with Gasteiger partial charge in [0.15, 0.2) is 0 Å². The maximum Gasteiger partial charge on any atom is -0.0146 e. The molecule has 0 aromatic rings. The van der Waals surface area contributed by atoms with Gasteiger partial charge in [0.1, 0.15) is 0 Å². The second-order valence-corrected chi connectivity index (χ2v) is 8.20. The summed E-state index contributed by atoms with van der Waals surface area (Å²) in [5.74, 6) is 6.62. The number of hydrogen-bond donors (Lipinski definition) is 0. The summed E-state index contributed by atoms with van der Waals surface area (Å²) in [6.07, 6.45) is 19.3. The zero-order valence-electron chi connectivity index (χ0n) is 11.5. The van der Waals surface area contributed by atoms with Gasteiger partial charge in [-0.05, 0) is 92.3 Å². The van der Waals surface area contributed by atoms with E-state index in [9.17, 15) is 0 Å². The van der Waals surface area contributed by atoms with Crippen molar-refractivity contribution in [2.45, 2.75) is 57.8 Å². The third kappa shape index (κ3) is 1.10.